The summed E-state index contributed by atoms with van der Waals surface area (Å²) >= 11 is 0. The summed E-state index contributed by atoms with van der Waals surface area (Å²) in [6.07, 6.45) is 57.4. The minimum absolute atomic E-state index is 0.0415. The van der Waals surface area contributed by atoms with Crippen LogP contribution in [0.3, 0.4) is 0 Å². The predicted molar refractivity (Wildman–Crippen MR) is 240 cm³/mol. The number of aliphatic hydroxyl groups excluding tert-OH is 2. The third-order valence-corrected chi connectivity index (χ3v) is 9.32. The molecule has 0 aromatic rings. The van der Waals surface area contributed by atoms with Crippen LogP contribution in [0.1, 0.15) is 168 Å². The van der Waals surface area contributed by atoms with E-state index in [1.807, 2.05) is 91.1 Å². The van der Waals surface area contributed by atoms with Crippen LogP contribution < -0.4 is 5.32 Å². The summed E-state index contributed by atoms with van der Waals surface area (Å²) in [4.78, 5) is 25.9. The lowest BCUT2D eigenvalue weighted by atomic mass is 10.0. The molecule has 0 bridgehead atoms. The van der Waals surface area contributed by atoms with Crippen molar-refractivity contribution >= 4 is 11.9 Å². The number of amides is 1. The lowest BCUT2D eigenvalue weighted by Crippen LogP contribution is -2.46. The van der Waals surface area contributed by atoms with Crippen molar-refractivity contribution in [3.8, 4) is 0 Å². The number of carbonyl (C=O) groups excluding carboxylic acids is 2. The zero-order valence-corrected chi connectivity index (χ0v) is 35.7. The van der Waals surface area contributed by atoms with Crippen LogP contribution in [-0.2, 0) is 14.3 Å². The van der Waals surface area contributed by atoms with Gasteiger partial charge in [0.2, 0.25) is 5.91 Å². The molecule has 3 N–H and O–H groups in total. The van der Waals surface area contributed by atoms with Crippen LogP contribution in [0.25, 0.3) is 0 Å². The van der Waals surface area contributed by atoms with E-state index in [4.69, 9.17) is 4.74 Å². The molecule has 0 aliphatic heterocycles. The summed E-state index contributed by atoms with van der Waals surface area (Å²) < 4.78 is 5.78. The van der Waals surface area contributed by atoms with E-state index in [-0.39, 0.29) is 24.9 Å². The molecule has 0 radical (unpaired) electrons. The maximum Gasteiger partial charge on any atom is 0.306 e. The van der Waals surface area contributed by atoms with Crippen molar-refractivity contribution in [3.63, 3.8) is 0 Å². The predicted octanol–water partition coefficient (Wildman–Crippen LogP) is 12.8. The van der Waals surface area contributed by atoms with Crippen LogP contribution in [-0.4, -0.2) is 46.9 Å². The van der Waals surface area contributed by atoms with Crippen molar-refractivity contribution in [3.05, 3.63) is 109 Å². The Balaban J connectivity index is 4.80. The van der Waals surface area contributed by atoms with Crippen molar-refractivity contribution in [2.24, 2.45) is 0 Å². The minimum Gasteiger partial charge on any atom is -0.461 e. The highest BCUT2D eigenvalue weighted by atomic mass is 16.5. The molecule has 1 amide bonds. The first-order valence-corrected chi connectivity index (χ1v) is 22.2. The van der Waals surface area contributed by atoms with E-state index in [1.165, 1.54) is 64.2 Å². The molecule has 0 aromatic carbocycles. The Labute approximate surface area is 343 Å². The standard InChI is InChI=1S/C50H81NO5/c1-4-7-10-13-16-19-22-24-27-30-33-36-39-42-48(53)47(45-52)51-49(54)44-46(41-38-35-32-29-26-21-18-15-12-9-6-3)56-50(55)43-40-37-34-31-28-25-23-20-17-14-11-8-5-2/h8-9,11-12,14-15,17-18,20-21,23,25-26,28-29,32,35,38,46-48,52-53H,4-7,10,13,16,19,22,24,27,30-31,33-34,36-37,39-45H2,1-3H3,(H,51,54)/b11-8+,12-9+,17-14+,18-15+,23-20-,26-21-,28-25-,32-29-,38-35+. The van der Waals surface area contributed by atoms with Gasteiger partial charge in [-0.3, -0.25) is 9.59 Å². The molecular weight excluding hydrogens is 695 g/mol. The van der Waals surface area contributed by atoms with E-state index in [1.54, 1.807) is 0 Å². The molecule has 0 rings (SSSR count). The van der Waals surface area contributed by atoms with Gasteiger partial charge in [-0.05, 0) is 38.5 Å². The molecule has 0 aliphatic carbocycles. The van der Waals surface area contributed by atoms with Gasteiger partial charge >= 0.3 is 5.97 Å². The Kier molecular flexibility index (Phi) is 40.0. The molecule has 0 saturated heterocycles. The van der Waals surface area contributed by atoms with Crippen LogP contribution in [0.2, 0.25) is 0 Å². The third-order valence-electron chi connectivity index (χ3n) is 9.32. The Morgan fingerprint density at radius 3 is 1.50 bits per heavy atom. The molecule has 0 aliphatic rings. The average Bonchev–Trinajstić information content (AvgIpc) is 3.19. The van der Waals surface area contributed by atoms with Gasteiger partial charge in [0.1, 0.15) is 6.10 Å². The van der Waals surface area contributed by atoms with Crippen LogP contribution in [0.15, 0.2) is 109 Å². The van der Waals surface area contributed by atoms with Crippen LogP contribution in [0, 0.1) is 0 Å². The summed E-state index contributed by atoms with van der Waals surface area (Å²) in [6.45, 7) is 6.11. The molecule has 3 unspecified atom stereocenters. The van der Waals surface area contributed by atoms with E-state index in [2.05, 4.69) is 44.3 Å². The van der Waals surface area contributed by atoms with Crippen molar-refractivity contribution in [1.29, 1.82) is 0 Å². The molecule has 0 aromatic heterocycles. The van der Waals surface area contributed by atoms with E-state index >= 15 is 0 Å². The van der Waals surface area contributed by atoms with Crippen LogP contribution in [0.4, 0.5) is 0 Å². The number of hydrogen-bond acceptors (Lipinski definition) is 5. The van der Waals surface area contributed by atoms with Gasteiger partial charge in [0.25, 0.3) is 0 Å². The second kappa shape index (κ2) is 42.7. The Morgan fingerprint density at radius 2 is 1.00 bits per heavy atom. The summed E-state index contributed by atoms with van der Waals surface area (Å²) in [5.74, 6) is -0.669. The third kappa shape index (κ3) is 37.4. The van der Waals surface area contributed by atoms with Gasteiger partial charge in [-0.2, -0.15) is 0 Å². The summed E-state index contributed by atoms with van der Waals surface area (Å²) in [5, 5.41) is 23.6. The van der Waals surface area contributed by atoms with Gasteiger partial charge in [0, 0.05) is 12.8 Å². The Bertz CT molecular complexity index is 1190. The number of nitrogens with one attached hydrogen (secondary N) is 1. The quantitative estimate of drug-likeness (QED) is 0.0332. The van der Waals surface area contributed by atoms with Gasteiger partial charge < -0.3 is 20.3 Å². The first-order chi connectivity index (χ1) is 27.5. The topological polar surface area (TPSA) is 95.9 Å². The highest BCUT2D eigenvalue weighted by Gasteiger charge is 2.23. The van der Waals surface area contributed by atoms with Crippen molar-refractivity contribution in [1.82, 2.24) is 5.32 Å². The highest BCUT2D eigenvalue weighted by Crippen LogP contribution is 2.15. The van der Waals surface area contributed by atoms with E-state index in [0.29, 0.717) is 19.3 Å². The molecule has 0 fully saturated rings. The monoisotopic (exact) mass is 776 g/mol. The zero-order valence-electron chi connectivity index (χ0n) is 35.7. The number of allylic oxidation sites excluding steroid dienone is 17. The van der Waals surface area contributed by atoms with Gasteiger partial charge in [0.05, 0.1) is 25.2 Å². The summed E-state index contributed by atoms with van der Waals surface area (Å²) in [6, 6.07) is -0.753. The number of unbranched alkanes of at least 4 members (excludes halogenated alkanes) is 15. The SMILES string of the molecule is CC/C=C/C=C/C=C\C=C/C=C/CC(CC(=O)NC(CO)C(O)CCCCCCCCCCCCCCC)OC(=O)CCCCC\C=C/C=C\C=C\C=C\CC. The molecular formula is C50H81NO5. The maximum atomic E-state index is 13.1. The normalized spacial score (nSPS) is 14.4. The first-order valence-electron chi connectivity index (χ1n) is 22.2. The Morgan fingerprint density at radius 1 is 0.554 bits per heavy atom. The van der Waals surface area contributed by atoms with Crippen LogP contribution in [0.5, 0.6) is 0 Å². The van der Waals surface area contributed by atoms with Crippen molar-refractivity contribution in [2.75, 3.05) is 6.61 Å². The van der Waals surface area contributed by atoms with Crippen molar-refractivity contribution < 1.29 is 24.5 Å². The maximum absolute atomic E-state index is 13.1. The molecule has 6 heteroatoms. The van der Waals surface area contributed by atoms with Gasteiger partial charge in [-0.1, -0.05) is 220 Å². The lowest BCUT2D eigenvalue weighted by molar-refractivity contribution is -0.150. The first kappa shape index (κ1) is 52.5. The Hall–Kier alpha value is -3.48. The molecule has 0 saturated carbocycles. The van der Waals surface area contributed by atoms with Gasteiger partial charge in [0.15, 0.2) is 0 Å². The molecule has 6 nitrogen and oxygen atoms in total. The van der Waals surface area contributed by atoms with E-state index in [0.717, 1.165) is 57.8 Å². The fourth-order valence-electron chi connectivity index (χ4n) is 5.99. The second-order valence-corrected chi connectivity index (χ2v) is 14.6. The number of ether oxygens (including phenoxy) is 1. The number of rotatable bonds is 37. The smallest absolute Gasteiger partial charge is 0.306 e. The van der Waals surface area contributed by atoms with E-state index < -0.39 is 18.2 Å². The number of carbonyl (C=O) groups is 2. The van der Waals surface area contributed by atoms with Gasteiger partial charge in [-0.15, -0.1) is 0 Å². The summed E-state index contributed by atoms with van der Waals surface area (Å²) in [5.41, 5.74) is 0. The molecule has 0 heterocycles. The molecule has 0 spiro atoms. The molecule has 3 atom stereocenters. The average molecular weight is 776 g/mol. The highest BCUT2D eigenvalue weighted by molar-refractivity contribution is 5.77. The fourth-order valence-corrected chi connectivity index (χ4v) is 5.99. The largest absolute Gasteiger partial charge is 0.461 e. The molecule has 316 valence electrons. The second-order valence-electron chi connectivity index (χ2n) is 14.6. The minimum atomic E-state index is -0.830. The van der Waals surface area contributed by atoms with Crippen LogP contribution >= 0.6 is 0 Å². The summed E-state index contributed by atoms with van der Waals surface area (Å²) in [7, 11) is 0. The lowest BCUT2D eigenvalue weighted by Gasteiger charge is -2.24. The number of aliphatic hydroxyl groups is 2. The van der Waals surface area contributed by atoms with Crippen molar-refractivity contribution in [2.45, 2.75) is 187 Å². The molecule has 56 heavy (non-hydrogen) atoms. The zero-order chi connectivity index (χ0) is 41.0. The number of hydrogen-bond donors (Lipinski definition) is 3. The van der Waals surface area contributed by atoms with E-state index in [9.17, 15) is 19.8 Å². The fraction of sp³-hybridized carbons (Fsp3) is 0.600. The number of esters is 1. The van der Waals surface area contributed by atoms with Gasteiger partial charge in [-0.25, -0.2) is 0 Å².